The Labute approximate surface area is 128 Å². The molecule has 0 bridgehead atoms. The van der Waals surface area contributed by atoms with Gasteiger partial charge in [0.05, 0.1) is 0 Å². The van der Waals surface area contributed by atoms with Crippen molar-refractivity contribution >= 4 is 27.7 Å². The summed E-state index contributed by atoms with van der Waals surface area (Å²) >= 11 is 3.34. The Balaban J connectivity index is 3.08. The van der Waals surface area contributed by atoms with E-state index in [1.165, 1.54) is 0 Å². The molecule has 0 amide bonds. The van der Waals surface area contributed by atoms with Gasteiger partial charge in [0.15, 0.2) is 10.1 Å². The molecule has 1 aromatic carbocycles. The molecule has 0 aliphatic carbocycles. The van der Waals surface area contributed by atoms with Crippen molar-refractivity contribution in [1.29, 1.82) is 0 Å². The van der Waals surface area contributed by atoms with Gasteiger partial charge in [0.25, 0.3) is 0 Å². The molecule has 0 saturated heterocycles. The Morgan fingerprint density at radius 3 is 2.15 bits per heavy atom. The Hall–Kier alpha value is -1.16. The average Bonchev–Trinajstić information content (AvgIpc) is 2.37. The zero-order valence-electron chi connectivity index (χ0n) is 12.4. The SMILES string of the molecule is CCCC(Br)(C(=O)OC(C)(C)C)C(=O)c1ccccc1. The second-order valence-electron chi connectivity index (χ2n) is 5.75. The fraction of sp³-hybridized carbons (Fsp3) is 0.500. The Kier molecular flexibility index (Phi) is 5.51. The summed E-state index contributed by atoms with van der Waals surface area (Å²) in [5.74, 6) is -0.782. The van der Waals surface area contributed by atoms with Gasteiger partial charge in [-0.05, 0) is 27.2 Å². The topological polar surface area (TPSA) is 43.4 Å². The van der Waals surface area contributed by atoms with Crippen LogP contribution in [0.1, 0.15) is 50.9 Å². The summed E-state index contributed by atoms with van der Waals surface area (Å²) in [4.78, 5) is 25.0. The number of ether oxygens (including phenoxy) is 1. The van der Waals surface area contributed by atoms with E-state index in [9.17, 15) is 9.59 Å². The van der Waals surface area contributed by atoms with Crippen molar-refractivity contribution in [1.82, 2.24) is 0 Å². The smallest absolute Gasteiger partial charge is 0.331 e. The summed E-state index contributed by atoms with van der Waals surface area (Å²) in [6.07, 6.45) is 1.10. The number of esters is 1. The lowest BCUT2D eigenvalue weighted by atomic mass is 9.93. The molecule has 1 rings (SSSR count). The number of carbonyl (C=O) groups is 2. The molecule has 0 heterocycles. The molecule has 1 atom stereocenters. The maximum Gasteiger partial charge on any atom is 0.331 e. The summed E-state index contributed by atoms with van der Waals surface area (Å²) in [5.41, 5.74) is -0.121. The van der Waals surface area contributed by atoms with Crippen molar-refractivity contribution in [3.8, 4) is 0 Å². The van der Waals surface area contributed by atoms with E-state index in [4.69, 9.17) is 4.74 Å². The third kappa shape index (κ3) is 4.17. The zero-order valence-corrected chi connectivity index (χ0v) is 14.0. The van der Waals surface area contributed by atoms with Crippen molar-refractivity contribution in [2.45, 2.75) is 50.5 Å². The van der Waals surface area contributed by atoms with Gasteiger partial charge in [0.2, 0.25) is 0 Å². The van der Waals surface area contributed by atoms with Crippen LogP contribution in [0.2, 0.25) is 0 Å². The number of alkyl halides is 1. The fourth-order valence-electron chi connectivity index (χ4n) is 1.83. The lowest BCUT2D eigenvalue weighted by Gasteiger charge is -2.28. The number of halogens is 1. The van der Waals surface area contributed by atoms with Crippen LogP contribution >= 0.6 is 15.9 Å². The maximum atomic E-state index is 12.6. The molecule has 3 nitrogen and oxygen atoms in total. The predicted octanol–water partition coefficient (Wildman–Crippen LogP) is 4.14. The molecule has 0 N–H and O–H groups in total. The molecule has 0 aromatic heterocycles. The summed E-state index contributed by atoms with van der Waals surface area (Å²) < 4.78 is 4.08. The highest BCUT2D eigenvalue weighted by Gasteiger charge is 2.45. The van der Waals surface area contributed by atoms with Crippen LogP contribution < -0.4 is 0 Å². The minimum Gasteiger partial charge on any atom is -0.459 e. The highest BCUT2D eigenvalue weighted by molar-refractivity contribution is 9.10. The number of benzene rings is 1. The number of hydrogen-bond donors (Lipinski definition) is 0. The fourth-order valence-corrected chi connectivity index (χ4v) is 2.54. The van der Waals surface area contributed by atoms with Crippen LogP contribution in [-0.2, 0) is 9.53 Å². The Bertz CT molecular complexity index is 476. The van der Waals surface area contributed by atoms with Gasteiger partial charge in [-0.25, -0.2) is 0 Å². The van der Waals surface area contributed by atoms with Crippen LogP contribution in [0.25, 0.3) is 0 Å². The van der Waals surface area contributed by atoms with E-state index in [-0.39, 0.29) is 5.78 Å². The highest BCUT2D eigenvalue weighted by Crippen LogP contribution is 2.32. The van der Waals surface area contributed by atoms with Crippen molar-refractivity contribution in [2.24, 2.45) is 0 Å². The first kappa shape index (κ1) is 16.9. The minimum atomic E-state index is -1.31. The number of rotatable bonds is 5. The molecule has 0 aliphatic rings. The normalized spacial score (nSPS) is 14.4. The third-order valence-corrected chi connectivity index (χ3v) is 3.79. The summed E-state index contributed by atoms with van der Waals surface area (Å²) in [7, 11) is 0. The lowest BCUT2D eigenvalue weighted by molar-refractivity contribution is -0.156. The first-order chi connectivity index (χ1) is 9.20. The third-order valence-electron chi connectivity index (χ3n) is 2.71. The Morgan fingerprint density at radius 1 is 1.15 bits per heavy atom. The van der Waals surface area contributed by atoms with Crippen LogP contribution in [0, 0.1) is 0 Å². The van der Waals surface area contributed by atoms with E-state index in [1.807, 2.05) is 13.0 Å². The van der Waals surface area contributed by atoms with Crippen LogP contribution in [-0.4, -0.2) is 21.7 Å². The molecule has 0 aliphatic heterocycles. The first-order valence-electron chi connectivity index (χ1n) is 6.73. The quantitative estimate of drug-likeness (QED) is 0.350. The second-order valence-corrected chi connectivity index (χ2v) is 7.10. The minimum absolute atomic E-state index is 0.255. The average molecular weight is 341 g/mol. The van der Waals surface area contributed by atoms with Crippen molar-refractivity contribution in [2.75, 3.05) is 0 Å². The van der Waals surface area contributed by atoms with Crippen LogP contribution in [0.15, 0.2) is 30.3 Å². The predicted molar refractivity (Wildman–Crippen MR) is 83.2 cm³/mol. The van der Waals surface area contributed by atoms with Gasteiger partial charge in [-0.15, -0.1) is 0 Å². The maximum absolute atomic E-state index is 12.6. The van der Waals surface area contributed by atoms with Gasteiger partial charge in [-0.3, -0.25) is 9.59 Å². The van der Waals surface area contributed by atoms with E-state index in [1.54, 1.807) is 45.0 Å². The first-order valence-corrected chi connectivity index (χ1v) is 7.52. The van der Waals surface area contributed by atoms with Gasteiger partial charge in [0, 0.05) is 5.56 Å². The van der Waals surface area contributed by atoms with Crippen molar-refractivity contribution < 1.29 is 14.3 Å². The summed E-state index contributed by atoms with van der Waals surface area (Å²) in [6.45, 7) is 7.30. The monoisotopic (exact) mass is 340 g/mol. The molecular weight excluding hydrogens is 320 g/mol. The van der Waals surface area contributed by atoms with E-state index < -0.39 is 15.9 Å². The van der Waals surface area contributed by atoms with E-state index >= 15 is 0 Å². The molecule has 4 heteroatoms. The van der Waals surface area contributed by atoms with Gasteiger partial charge >= 0.3 is 5.97 Å². The molecule has 20 heavy (non-hydrogen) atoms. The molecule has 110 valence electrons. The van der Waals surface area contributed by atoms with Gasteiger partial charge in [-0.1, -0.05) is 59.6 Å². The number of Topliss-reactive ketones (excluding diaryl/α,β-unsaturated/α-hetero) is 1. The van der Waals surface area contributed by atoms with Crippen LogP contribution in [0.3, 0.4) is 0 Å². The van der Waals surface area contributed by atoms with Crippen LogP contribution in [0.4, 0.5) is 0 Å². The Morgan fingerprint density at radius 2 is 1.70 bits per heavy atom. The largest absolute Gasteiger partial charge is 0.459 e. The van der Waals surface area contributed by atoms with Crippen molar-refractivity contribution in [3.63, 3.8) is 0 Å². The zero-order chi connectivity index (χ0) is 15.4. The number of hydrogen-bond acceptors (Lipinski definition) is 3. The lowest BCUT2D eigenvalue weighted by Crippen LogP contribution is -2.45. The van der Waals surface area contributed by atoms with E-state index in [2.05, 4.69) is 15.9 Å². The van der Waals surface area contributed by atoms with Gasteiger partial charge < -0.3 is 4.74 Å². The molecule has 0 saturated carbocycles. The molecule has 0 spiro atoms. The second kappa shape index (κ2) is 6.53. The number of carbonyl (C=O) groups excluding carboxylic acids is 2. The molecule has 1 aromatic rings. The van der Waals surface area contributed by atoms with Gasteiger partial charge in [0.1, 0.15) is 5.60 Å². The highest BCUT2D eigenvalue weighted by atomic mass is 79.9. The molecule has 1 unspecified atom stereocenters. The standard InChI is InChI=1S/C16H21BrO3/c1-5-11-16(17,14(19)20-15(2,3)4)13(18)12-9-7-6-8-10-12/h6-10H,5,11H2,1-4H3. The van der Waals surface area contributed by atoms with E-state index in [0.29, 0.717) is 18.4 Å². The van der Waals surface area contributed by atoms with E-state index in [0.717, 1.165) is 0 Å². The molecule has 0 radical (unpaired) electrons. The number of ketones is 1. The van der Waals surface area contributed by atoms with Gasteiger partial charge in [-0.2, -0.15) is 0 Å². The summed E-state index contributed by atoms with van der Waals surface area (Å²) in [5, 5.41) is 0. The van der Waals surface area contributed by atoms with Crippen molar-refractivity contribution in [3.05, 3.63) is 35.9 Å². The summed E-state index contributed by atoms with van der Waals surface area (Å²) in [6, 6.07) is 8.81. The molecule has 0 fully saturated rings. The molecular formula is C16H21BrO3. The van der Waals surface area contributed by atoms with Crippen LogP contribution in [0.5, 0.6) is 0 Å².